The standard InChI is InChI=1S/C7H9FO/c1-5-4-6(8)2-3-7(5)9/h2-5,7,9H,1H3. The molecular weight excluding hydrogens is 119 g/mol. The van der Waals surface area contributed by atoms with E-state index in [4.69, 9.17) is 5.11 Å². The van der Waals surface area contributed by atoms with Crippen molar-refractivity contribution in [3.63, 3.8) is 0 Å². The molecule has 50 valence electrons. The summed E-state index contributed by atoms with van der Waals surface area (Å²) in [4.78, 5) is 0. The molecule has 2 atom stereocenters. The first-order valence-corrected chi connectivity index (χ1v) is 2.94. The molecule has 1 N–H and O–H groups in total. The van der Waals surface area contributed by atoms with Crippen LogP contribution in [0.4, 0.5) is 4.39 Å². The van der Waals surface area contributed by atoms with Gasteiger partial charge in [-0.25, -0.2) is 4.39 Å². The van der Waals surface area contributed by atoms with Crippen LogP contribution in [0.5, 0.6) is 0 Å². The van der Waals surface area contributed by atoms with E-state index in [0.29, 0.717) is 0 Å². The zero-order valence-corrected chi connectivity index (χ0v) is 5.21. The van der Waals surface area contributed by atoms with Gasteiger partial charge in [0.2, 0.25) is 0 Å². The third-order valence-electron chi connectivity index (χ3n) is 1.41. The summed E-state index contributed by atoms with van der Waals surface area (Å²) in [5.74, 6) is -0.345. The maximum atomic E-state index is 12.3. The SMILES string of the molecule is CC1C=C(F)C=CC1O. The first-order chi connectivity index (χ1) is 4.20. The fourth-order valence-corrected chi connectivity index (χ4v) is 0.771. The molecule has 0 saturated carbocycles. The molecule has 0 aromatic heterocycles. The summed E-state index contributed by atoms with van der Waals surface area (Å²) in [6, 6.07) is 0. The van der Waals surface area contributed by atoms with Crippen molar-refractivity contribution in [2.45, 2.75) is 13.0 Å². The summed E-state index contributed by atoms with van der Waals surface area (Å²) in [7, 11) is 0. The van der Waals surface area contributed by atoms with E-state index in [0.717, 1.165) is 0 Å². The second kappa shape index (κ2) is 2.31. The van der Waals surface area contributed by atoms with Crippen molar-refractivity contribution >= 4 is 0 Å². The first-order valence-electron chi connectivity index (χ1n) is 2.94. The summed E-state index contributed by atoms with van der Waals surface area (Å²) < 4.78 is 12.3. The molecule has 0 amide bonds. The lowest BCUT2D eigenvalue weighted by molar-refractivity contribution is 0.181. The van der Waals surface area contributed by atoms with Crippen molar-refractivity contribution < 1.29 is 9.50 Å². The van der Waals surface area contributed by atoms with Crippen LogP contribution in [-0.4, -0.2) is 11.2 Å². The van der Waals surface area contributed by atoms with Crippen molar-refractivity contribution in [3.05, 3.63) is 24.1 Å². The van der Waals surface area contributed by atoms with Crippen molar-refractivity contribution in [1.82, 2.24) is 0 Å². The Labute approximate surface area is 53.5 Å². The number of halogens is 1. The Kier molecular flexibility index (Phi) is 1.67. The van der Waals surface area contributed by atoms with Crippen molar-refractivity contribution in [3.8, 4) is 0 Å². The molecule has 2 heteroatoms. The largest absolute Gasteiger partial charge is 0.388 e. The van der Waals surface area contributed by atoms with Gasteiger partial charge in [0.15, 0.2) is 0 Å². The molecule has 1 nitrogen and oxygen atoms in total. The maximum absolute atomic E-state index is 12.3. The van der Waals surface area contributed by atoms with Crippen LogP contribution < -0.4 is 0 Å². The van der Waals surface area contributed by atoms with E-state index in [1.54, 1.807) is 6.92 Å². The van der Waals surface area contributed by atoms with E-state index in [1.165, 1.54) is 18.2 Å². The number of aliphatic hydroxyl groups excluding tert-OH is 1. The fourth-order valence-electron chi connectivity index (χ4n) is 0.771. The van der Waals surface area contributed by atoms with Gasteiger partial charge in [-0.3, -0.25) is 0 Å². The molecule has 0 bridgehead atoms. The lowest BCUT2D eigenvalue weighted by Gasteiger charge is -2.13. The first kappa shape index (κ1) is 6.49. The van der Waals surface area contributed by atoms with Crippen LogP contribution in [0.15, 0.2) is 24.1 Å². The van der Waals surface area contributed by atoms with Crippen LogP contribution in [0.1, 0.15) is 6.92 Å². The maximum Gasteiger partial charge on any atom is 0.119 e. The van der Waals surface area contributed by atoms with Crippen molar-refractivity contribution in [2.75, 3.05) is 0 Å². The number of aliphatic hydroxyl groups is 1. The van der Waals surface area contributed by atoms with Gasteiger partial charge in [-0.15, -0.1) is 0 Å². The second-order valence-corrected chi connectivity index (χ2v) is 2.26. The summed E-state index contributed by atoms with van der Waals surface area (Å²) in [6.07, 6.45) is 3.64. The highest BCUT2D eigenvalue weighted by Gasteiger charge is 2.12. The van der Waals surface area contributed by atoms with Gasteiger partial charge in [-0.2, -0.15) is 0 Å². The van der Waals surface area contributed by atoms with Gasteiger partial charge in [0, 0.05) is 5.92 Å². The van der Waals surface area contributed by atoms with E-state index in [-0.39, 0.29) is 11.7 Å². The molecule has 0 aromatic rings. The molecule has 0 aromatic carbocycles. The van der Waals surface area contributed by atoms with Gasteiger partial charge in [0.05, 0.1) is 6.10 Å². The Hall–Kier alpha value is -0.630. The Balaban J connectivity index is 2.70. The van der Waals surface area contributed by atoms with Crippen molar-refractivity contribution in [1.29, 1.82) is 0 Å². The summed E-state index contributed by atoms with van der Waals surface area (Å²) >= 11 is 0. The molecule has 0 spiro atoms. The average Bonchev–Trinajstić information content (AvgIpc) is 1.80. The Morgan fingerprint density at radius 3 is 2.78 bits per heavy atom. The van der Waals surface area contributed by atoms with Gasteiger partial charge in [0.1, 0.15) is 5.83 Å². The molecule has 0 aliphatic heterocycles. The van der Waals surface area contributed by atoms with Gasteiger partial charge in [0.25, 0.3) is 0 Å². The predicted octanol–water partition coefficient (Wildman–Crippen LogP) is 1.41. The molecule has 9 heavy (non-hydrogen) atoms. The normalized spacial score (nSPS) is 34.3. The lowest BCUT2D eigenvalue weighted by atomic mass is 10.00. The number of allylic oxidation sites excluding steroid dienone is 2. The van der Waals surface area contributed by atoms with Gasteiger partial charge >= 0.3 is 0 Å². The monoisotopic (exact) mass is 128 g/mol. The fraction of sp³-hybridized carbons (Fsp3) is 0.429. The van der Waals surface area contributed by atoms with E-state index in [1.807, 2.05) is 0 Å². The van der Waals surface area contributed by atoms with E-state index < -0.39 is 6.10 Å². The minimum absolute atomic E-state index is 0.0880. The third-order valence-corrected chi connectivity index (χ3v) is 1.41. The van der Waals surface area contributed by atoms with Gasteiger partial charge < -0.3 is 5.11 Å². The quantitative estimate of drug-likeness (QED) is 0.523. The number of hydrogen-bond donors (Lipinski definition) is 1. The molecule has 1 aliphatic rings. The smallest absolute Gasteiger partial charge is 0.119 e. The molecule has 0 fully saturated rings. The zero-order valence-electron chi connectivity index (χ0n) is 5.21. The van der Waals surface area contributed by atoms with E-state index in [2.05, 4.69) is 0 Å². The highest BCUT2D eigenvalue weighted by Crippen LogP contribution is 2.16. The minimum Gasteiger partial charge on any atom is -0.388 e. The van der Waals surface area contributed by atoms with Crippen LogP contribution in [0.3, 0.4) is 0 Å². The Bertz CT molecular complexity index is 160. The van der Waals surface area contributed by atoms with Crippen molar-refractivity contribution in [2.24, 2.45) is 5.92 Å². The van der Waals surface area contributed by atoms with Crippen LogP contribution in [0.25, 0.3) is 0 Å². The lowest BCUT2D eigenvalue weighted by Crippen LogP contribution is -2.14. The summed E-state index contributed by atoms with van der Waals surface area (Å²) in [6.45, 7) is 1.77. The van der Waals surface area contributed by atoms with Gasteiger partial charge in [-0.05, 0) is 12.2 Å². The Morgan fingerprint density at radius 1 is 1.67 bits per heavy atom. The zero-order chi connectivity index (χ0) is 6.85. The topological polar surface area (TPSA) is 20.2 Å². The number of rotatable bonds is 0. The third kappa shape index (κ3) is 1.39. The van der Waals surface area contributed by atoms with Gasteiger partial charge in [-0.1, -0.05) is 13.0 Å². The highest BCUT2D eigenvalue weighted by atomic mass is 19.1. The van der Waals surface area contributed by atoms with E-state index in [9.17, 15) is 4.39 Å². The van der Waals surface area contributed by atoms with Crippen LogP contribution in [0, 0.1) is 5.92 Å². The molecule has 0 radical (unpaired) electrons. The molecule has 2 unspecified atom stereocenters. The molecule has 1 rings (SSSR count). The van der Waals surface area contributed by atoms with E-state index >= 15 is 0 Å². The summed E-state index contributed by atoms with van der Waals surface area (Å²) in [5.41, 5.74) is 0. The average molecular weight is 128 g/mol. The minimum atomic E-state index is -0.510. The van der Waals surface area contributed by atoms with Crippen LogP contribution in [-0.2, 0) is 0 Å². The van der Waals surface area contributed by atoms with Crippen LogP contribution in [0.2, 0.25) is 0 Å². The highest BCUT2D eigenvalue weighted by molar-refractivity contribution is 5.19. The molecular formula is C7H9FO. The van der Waals surface area contributed by atoms with Crippen LogP contribution >= 0.6 is 0 Å². The Morgan fingerprint density at radius 2 is 2.33 bits per heavy atom. The molecule has 1 aliphatic carbocycles. The molecule has 0 saturated heterocycles. The summed E-state index contributed by atoms with van der Waals surface area (Å²) in [5, 5.41) is 9.00. The second-order valence-electron chi connectivity index (χ2n) is 2.26. The number of hydrogen-bond acceptors (Lipinski definition) is 1. The molecule has 0 heterocycles. The predicted molar refractivity (Wildman–Crippen MR) is 33.5 cm³/mol.